The van der Waals surface area contributed by atoms with Crippen LogP contribution < -0.4 is 5.32 Å². The smallest absolute Gasteiger partial charge is 0.217 e. The third kappa shape index (κ3) is 6.17. The summed E-state index contributed by atoms with van der Waals surface area (Å²) in [6, 6.07) is -1.01. The molecule has 0 aromatic carbocycles. The average molecular weight is 447 g/mol. The Kier molecular flexibility index (Phi) is 9.89. The molecule has 0 aromatic rings. The van der Waals surface area contributed by atoms with Crippen LogP contribution in [-0.2, 0) is 37.3 Å². The van der Waals surface area contributed by atoms with Gasteiger partial charge < -0.3 is 44.7 Å². The van der Waals surface area contributed by atoms with Gasteiger partial charge in [0.25, 0.3) is 0 Å². The van der Waals surface area contributed by atoms with Gasteiger partial charge in [-0.25, -0.2) is 5.26 Å². The van der Waals surface area contributed by atoms with Crippen LogP contribution in [0.3, 0.4) is 0 Å². The molecule has 0 aromatic heterocycles. The molecule has 6 N–H and O–H groups in total. The standard InChI is InChI=1S/C14H25NO13S/c1-5(17)15-8-12(25-14-10(20)9(19)6(18)4-23-14)11(26-29-28-27-21)7(3-16)24-13(8)22-2/h6-14,16,18-21H,3-4H2,1-2H3,(H,15,17)/t6-,7?,8?,9+,10?,11+,12-,13+,14+/m1/s1. The summed E-state index contributed by atoms with van der Waals surface area (Å²) in [5.41, 5.74) is 0. The molecule has 1 amide bonds. The van der Waals surface area contributed by atoms with E-state index in [0.29, 0.717) is 0 Å². The molecule has 2 rings (SSSR count). The highest BCUT2D eigenvalue weighted by Crippen LogP contribution is 2.31. The number of hydrogen-bond acceptors (Lipinski definition) is 14. The van der Waals surface area contributed by atoms with Crippen LogP contribution in [0.1, 0.15) is 6.92 Å². The predicted octanol–water partition coefficient (Wildman–Crippen LogP) is -2.95. The number of hydrogen-bond donors (Lipinski definition) is 6. The van der Waals surface area contributed by atoms with Crippen LogP contribution in [0.2, 0.25) is 0 Å². The topological polar surface area (TPSA) is 195 Å². The van der Waals surface area contributed by atoms with Gasteiger partial charge in [-0.3, -0.25) is 8.98 Å². The van der Waals surface area contributed by atoms with Crippen LogP contribution in [0.5, 0.6) is 0 Å². The van der Waals surface area contributed by atoms with Gasteiger partial charge in [0.05, 0.1) is 13.2 Å². The van der Waals surface area contributed by atoms with Gasteiger partial charge in [-0.15, -0.1) is 4.33 Å². The fourth-order valence-corrected chi connectivity index (χ4v) is 3.43. The van der Waals surface area contributed by atoms with Crippen LogP contribution in [0, 0.1) is 0 Å². The van der Waals surface area contributed by atoms with E-state index in [1.165, 1.54) is 14.0 Å². The molecular formula is C14H25NO13S. The van der Waals surface area contributed by atoms with E-state index in [0.717, 1.165) is 0 Å². The van der Waals surface area contributed by atoms with Crippen molar-refractivity contribution in [3.05, 3.63) is 0 Å². The average Bonchev–Trinajstić information content (AvgIpc) is 2.69. The van der Waals surface area contributed by atoms with Crippen LogP contribution >= 0.6 is 12.3 Å². The molecule has 2 aliphatic rings. The highest BCUT2D eigenvalue weighted by molar-refractivity contribution is 7.89. The van der Waals surface area contributed by atoms with E-state index in [1.54, 1.807) is 0 Å². The molecule has 15 heteroatoms. The van der Waals surface area contributed by atoms with Crippen molar-refractivity contribution in [2.45, 2.75) is 62.2 Å². The first-order valence-corrected chi connectivity index (χ1v) is 9.18. The molecule has 0 aliphatic carbocycles. The number of methoxy groups -OCH3 is 1. The minimum Gasteiger partial charge on any atom is -0.394 e. The summed E-state index contributed by atoms with van der Waals surface area (Å²) in [7, 11) is 1.30. The Hall–Kier alpha value is -0.660. The van der Waals surface area contributed by atoms with Crippen molar-refractivity contribution in [3.8, 4) is 0 Å². The number of rotatable bonds is 9. The van der Waals surface area contributed by atoms with Crippen molar-refractivity contribution < 1.29 is 63.0 Å². The first-order valence-electron chi connectivity index (χ1n) is 8.51. The molecule has 9 atom stereocenters. The lowest BCUT2D eigenvalue weighted by Crippen LogP contribution is -2.67. The fraction of sp³-hybridized carbons (Fsp3) is 0.929. The van der Waals surface area contributed by atoms with Crippen LogP contribution in [0.4, 0.5) is 0 Å². The van der Waals surface area contributed by atoms with E-state index in [4.69, 9.17) is 28.4 Å². The van der Waals surface area contributed by atoms with Crippen LogP contribution in [0.15, 0.2) is 0 Å². The molecule has 2 heterocycles. The van der Waals surface area contributed by atoms with Gasteiger partial charge in [-0.1, -0.05) is 5.04 Å². The molecule has 170 valence electrons. The van der Waals surface area contributed by atoms with Crippen molar-refractivity contribution in [3.63, 3.8) is 0 Å². The third-order valence-electron chi connectivity index (χ3n) is 4.38. The molecule has 2 aliphatic heterocycles. The van der Waals surface area contributed by atoms with E-state index in [-0.39, 0.29) is 18.9 Å². The first-order chi connectivity index (χ1) is 13.8. The minimum atomic E-state index is -1.63. The third-order valence-corrected chi connectivity index (χ3v) is 4.80. The zero-order valence-electron chi connectivity index (χ0n) is 15.5. The summed E-state index contributed by atoms with van der Waals surface area (Å²) in [6.45, 7) is 0.351. The lowest BCUT2D eigenvalue weighted by Gasteiger charge is -2.46. The second-order valence-corrected chi connectivity index (χ2v) is 6.77. The number of carbonyl (C=O) groups is 1. The van der Waals surface area contributed by atoms with Gasteiger partial charge in [0, 0.05) is 14.0 Å². The van der Waals surface area contributed by atoms with Crippen LogP contribution in [-0.4, -0.2) is 107 Å². The lowest BCUT2D eigenvalue weighted by atomic mass is 9.96. The highest BCUT2D eigenvalue weighted by atomic mass is 32.2. The molecule has 0 bridgehead atoms. The molecule has 0 radical (unpaired) electrons. The van der Waals surface area contributed by atoms with Gasteiger partial charge in [0.15, 0.2) is 24.9 Å². The Morgan fingerprint density at radius 1 is 1.21 bits per heavy atom. The molecule has 14 nitrogen and oxygen atoms in total. The fourth-order valence-electron chi connectivity index (χ4n) is 3.05. The van der Waals surface area contributed by atoms with Crippen molar-refractivity contribution in [2.24, 2.45) is 0 Å². The number of amides is 1. The summed E-state index contributed by atoms with van der Waals surface area (Å²) >= 11 is 0.187. The molecule has 29 heavy (non-hydrogen) atoms. The van der Waals surface area contributed by atoms with E-state index in [1.807, 2.05) is 0 Å². The quantitative estimate of drug-likeness (QED) is 0.0908. The summed E-state index contributed by atoms with van der Waals surface area (Å²) in [5.74, 6) is -0.474. The number of nitrogens with one attached hydrogen (secondary N) is 1. The van der Waals surface area contributed by atoms with Crippen molar-refractivity contribution in [1.29, 1.82) is 0 Å². The second-order valence-electron chi connectivity index (χ2n) is 6.31. The molecule has 2 saturated heterocycles. The van der Waals surface area contributed by atoms with Gasteiger partial charge in [-0.05, 0) is 0 Å². The summed E-state index contributed by atoms with van der Waals surface area (Å²) in [6.07, 6.45) is -10.4. The van der Waals surface area contributed by atoms with Crippen molar-refractivity contribution in [2.75, 3.05) is 20.3 Å². The monoisotopic (exact) mass is 447 g/mol. The number of aliphatic hydroxyl groups is 4. The zero-order chi connectivity index (χ0) is 21.6. The molecule has 3 unspecified atom stereocenters. The molecular weight excluding hydrogens is 422 g/mol. The maximum Gasteiger partial charge on any atom is 0.217 e. The van der Waals surface area contributed by atoms with Crippen LogP contribution in [0.25, 0.3) is 0 Å². The lowest BCUT2D eigenvalue weighted by molar-refractivity contribution is -0.435. The van der Waals surface area contributed by atoms with Gasteiger partial charge >= 0.3 is 0 Å². The maximum absolute atomic E-state index is 11.7. The normalized spacial score (nSPS) is 40.6. The van der Waals surface area contributed by atoms with E-state index >= 15 is 0 Å². The Balaban J connectivity index is 2.28. The molecule has 2 fully saturated rings. The first kappa shape index (κ1) is 24.6. The van der Waals surface area contributed by atoms with E-state index in [2.05, 4.69) is 14.7 Å². The van der Waals surface area contributed by atoms with Gasteiger partial charge in [0.1, 0.15) is 42.7 Å². The summed E-state index contributed by atoms with van der Waals surface area (Å²) in [5, 5.41) is 53.6. The number of ether oxygens (including phenoxy) is 4. The Morgan fingerprint density at radius 2 is 1.93 bits per heavy atom. The minimum absolute atomic E-state index is 0.187. The van der Waals surface area contributed by atoms with E-state index < -0.39 is 67.8 Å². The second kappa shape index (κ2) is 11.7. The van der Waals surface area contributed by atoms with Gasteiger partial charge in [-0.2, -0.15) is 0 Å². The Labute approximate surface area is 169 Å². The number of carbonyl (C=O) groups excluding carboxylic acids is 1. The van der Waals surface area contributed by atoms with Crippen molar-refractivity contribution in [1.82, 2.24) is 5.32 Å². The summed E-state index contributed by atoms with van der Waals surface area (Å²) < 4.78 is 31.3. The number of aliphatic hydroxyl groups excluding tert-OH is 4. The highest BCUT2D eigenvalue weighted by Gasteiger charge is 2.51. The van der Waals surface area contributed by atoms with Gasteiger partial charge in [0.2, 0.25) is 5.91 Å². The van der Waals surface area contributed by atoms with Crippen molar-refractivity contribution >= 4 is 18.2 Å². The summed E-state index contributed by atoms with van der Waals surface area (Å²) in [4.78, 5) is 11.7. The SMILES string of the molecule is CO[C@H]1OC(CO)[C@H](OSOOO)[C@H](O[C@@H]2OC[C@@H](O)[C@H](O)C2O)C1NC(C)=O. The zero-order valence-corrected chi connectivity index (χ0v) is 16.3. The molecule has 0 spiro atoms. The van der Waals surface area contributed by atoms with E-state index in [9.17, 15) is 25.2 Å². The Morgan fingerprint density at radius 3 is 2.52 bits per heavy atom. The maximum atomic E-state index is 11.7. The predicted molar refractivity (Wildman–Crippen MR) is 90.3 cm³/mol. The molecule has 0 saturated carbocycles. The largest absolute Gasteiger partial charge is 0.394 e. The Bertz CT molecular complexity index is 516.